The zero-order valence-electron chi connectivity index (χ0n) is 9.49. The molecular formula is C12H16Cl3N. The van der Waals surface area contributed by atoms with E-state index in [0.717, 1.165) is 12.0 Å². The quantitative estimate of drug-likeness (QED) is 0.784. The van der Waals surface area contributed by atoms with Gasteiger partial charge in [-0.25, -0.2) is 0 Å². The van der Waals surface area contributed by atoms with Gasteiger partial charge in [-0.3, -0.25) is 0 Å². The third-order valence-electron chi connectivity index (χ3n) is 2.81. The van der Waals surface area contributed by atoms with Crippen molar-refractivity contribution in [2.24, 2.45) is 0 Å². The van der Waals surface area contributed by atoms with E-state index < -0.39 is 0 Å². The molecule has 0 aliphatic heterocycles. The molecule has 16 heavy (non-hydrogen) atoms. The number of benzene rings is 1. The van der Waals surface area contributed by atoms with E-state index in [2.05, 4.69) is 19.2 Å². The summed E-state index contributed by atoms with van der Waals surface area (Å²) in [4.78, 5) is 0. The van der Waals surface area contributed by atoms with Crippen LogP contribution in [0.4, 0.5) is 0 Å². The highest BCUT2D eigenvalue weighted by Gasteiger charge is 2.20. The Labute approximate surface area is 112 Å². The van der Waals surface area contributed by atoms with E-state index in [0.29, 0.717) is 22.5 Å². The van der Waals surface area contributed by atoms with Crippen LogP contribution in [0.15, 0.2) is 18.2 Å². The Morgan fingerprint density at radius 1 is 1.31 bits per heavy atom. The fourth-order valence-corrected chi connectivity index (χ4v) is 1.93. The van der Waals surface area contributed by atoms with E-state index in [1.165, 1.54) is 0 Å². The van der Waals surface area contributed by atoms with Gasteiger partial charge in [0, 0.05) is 18.0 Å². The molecule has 1 N–H and O–H groups in total. The van der Waals surface area contributed by atoms with Crippen molar-refractivity contribution in [3.05, 3.63) is 33.8 Å². The highest BCUT2D eigenvalue weighted by molar-refractivity contribution is 6.42. The lowest BCUT2D eigenvalue weighted by atomic mass is 10.0. The molecule has 0 radical (unpaired) electrons. The fraction of sp³-hybridized carbons (Fsp3) is 0.500. The summed E-state index contributed by atoms with van der Waals surface area (Å²) in [5, 5.41) is 4.61. The highest BCUT2D eigenvalue weighted by atomic mass is 35.5. The maximum atomic E-state index is 6.10. The van der Waals surface area contributed by atoms with Gasteiger partial charge in [-0.15, -0.1) is 11.6 Å². The van der Waals surface area contributed by atoms with Crippen LogP contribution in [0.3, 0.4) is 0 Å². The first-order valence-electron chi connectivity index (χ1n) is 5.26. The van der Waals surface area contributed by atoms with Crippen molar-refractivity contribution in [3.63, 3.8) is 0 Å². The van der Waals surface area contributed by atoms with Crippen LogP contribution in [0, 0.1) is 0 Å². The number of rotatable bonds is 5. The Balaban J connectivity index is 2.71. The van der Waals surface area contributed by atoms with Crippen LogP contribution in [-0.4, -0.2) is 11.4 Å². The summed E-state index contributed by atoms with van der Waals surface area (Å²) < 4.78 is 0. The molecule has 1 unspecified atom stereocenters. The van der Waals surface area contributed by atoms with Crippen LogP contribution >= 0.6 is 34.8 Å². The molecule has 1 atom stereocenters. The van der Waals surface area contributed by atoms with Crippen LogP contribution in [0.1, 0.15) is 25.8 Å². The molecule has 90 valence electrons. The van der Waals surface area contributed by atoms with E-state index in [4.69, 9.17) is 34.8 Å². The first-order valence-corrected chi connectivity index (χ1v) is 6.55. The Hall–Kier alpha value is 0.0500. The minimum atomic E-state index is -0.0623. The first kappa shape index (κ1) is 14.1. The Bertz CT molecular complexity index is 348. The predicted molar refractivity (Wildman–Crippen MR) is 72.7 cm³/mol. The van der Waals surface area contributed by atoms with Gasteiger partial charge in [-0.05, 0) is 25.0 Å². The van der Waals surface area contributed by atoms with Gasteiger partial charge in [0.1, 0.15) is 0 Å². The second-order valence-corrected chi connectivity index (χ2v) is 5.17. The Morgan fingerprint density at radius 3 is 2.56 bits per heavy atom. The van der Waals surface area contributed by atoms with Crippen LogP contribution in [0.2, 0.25) is 10.0 Å². The molecule has 0 amide bonds. The molecule has 1 aromatic rings. The summed E-state index contributed by atoms with van der Waals surface area (Å²) in [7, 11) is 0. The average molecular weight is 281 g/mol. The predicted octanol–water partition coefficient (Wildman–Crippen LogP) is 4.49. The van der Waals surface area contributed by atoms with Gasteiger partial charge in [0.2, 0.25) is 0 Å². The molecule has 0 fully saturated rings. The van der Waals surface area contributed by atoms with Gasteiger partial charge in [0.05, 0.1) is 10.0 Å². The summed E-state index contributed by atoms with van der Waals surface area (Å²) in [5.41, 5.74) is 0.937. The molecule has 0 saturated heterocycles. The van der Waals surface area contributed by atoms with Gasteiger partial charge >= 0.3 is 0 Å². The van der Waals surface area contributed by atoms with Crippen LogP contribution in [0.25, 0.3) is 0 Å². The molecule has 1 aromatic carbocycles. The van der Waals surface area contributed by atoms with E-state index in [9.17, 15) is 0 Å². The molecule has 0 aliphatic carbocycles. The SMILES string of the molecule is CCC(C)(CCl)NCc1cccc(Cl)c1Cl. The van der Waals surface area contributed by atoms with Crippen molar-refractivity contribution in [2.75, 3.05) is 5.88 Å². The van der Waals surface area contributed by atoms with Crippen LogP contribution in [0.5, 0.6) is 0 Å². The molecular weight excluding hydrogens is 264 g/mol. The van der Waals surface area contributed by atoms with Gasteiger partial charge in [-0.1, -0.05) is 42.3 Å². The van der Waals surface area contributed by atoms with Gasteiger partial charge in [0.15, 0.2) is 0 Å². The third-order valence-corrected chi connectivity index (χ3v) is 4.26. The summed E-state index contributed by atoms with van der Waals surface area (Å²) >= 11 is 18.0. The van der Waals surface area contributed by atoms with Crippen molar-refractivity contribution in [1.82, 2.24) is 5.32 Å². The monoisotopic (exact) mass is 279 g/mol. The van der Waals surface area contributed by atoms with Crippen molar-refractivity contribution in [1.29, 1.82) is 0 Å². The average Bonchev–Trinajstić information content (AvgIpc) is 2.31. The number of nitrogens with one attached hydrogen (secondary N) is 1. The number of halogens is 3. The largest absolute Gasteiger partial charge is 0.306 e. The standard InChI is InChI=1S/C12H16Cl3N/c1-3-12(2,8-13)16-7-9-5-4-6-10(14)11(9)15/h4-6,16H,3,7-8H2,1-2H3. The summed E-state index contributed by atoms with van der Waals surface area (Å²) in [6, 6.07) is 5.65. The van der Waals surface area contributed by atoms with Crippen molar-refractivity contribution in [2.45, 2.75) is 32.4 Å². The minimum absolute atomic E-state index is 0.0623. The molecule has 0 bridgehead atoms. The Kier molecular flexibility index (Phi) is 5.39. The molecule has 0 aliphatic rings. The molecule has 0 heterocycles. The molecule has 0 aromatic heterocycles. The second-order valence-electron chi connectivity index (χ2n) is 4.11. The number of hydrogen-bond acceptors (Lipinski definition) is 1. The Morgan fingerprint density at radius 2 is 2.00 bits per heavy atom. The smallest absolute Gasteiger partial charge is 0.0637 e. The zero-order valence-corrected chi connectivity index (χ0v) is 11.8. The molecule has 1 nitrogen and oxygen atoms in total. The van der Waals surface area contributed by atoms with E-state index in [1.54, 1.807) is 6.07 Å². The summed E-state index contributed by atoms with van der Waals surface area (Å²) in [6.07, 6.45) is 0.967. The second kappa shape index (κ2) is 6.11. The van der Waals surface area contributed by atoms with Crippen LogP contribution < -0.4 is 5.32 Å². The maximum absolute atomic E-state index is 6.10. The maximum Gasteiger partial charge on any atom is 0.0637 e. The third kappa shape index (κ3) is 3.53. The van der Waals surface area contributed by atoms with E-state index in [1.807, 2.05) is 12.1 Å². The minimum Gasteiger partial charge on any atom is -0.306 e. The molecule has 4 heteroatoms. The van der Waals surface area contributed by atoms with E-state index >= 15 is 0 Å². The van der Waals surface area contributed by atoms with Gasteiger partial charge < -0.3 is 5.32 Å². The van der Waals surface area contributed by atoms with Crippen molar-refractivity contribution < 1.29 is 0 Å². The fourth-order valence-electron chi connectivity index (χ4n) is 1.26. The lowest BCUT2D eigenvalue weighted by molar-refractivity contribution is 0.379. The lowest BCUT2D eigenvalue weighted by Crippen LogP contribution is -2.43. The summed E-state index contributed by atoms with van der Waals surface area (Å²) in [6.45, 7) is 4.88. The van der Waals surface area contributed by atoms with Crippen molar-refractivity contribution in [3.8, 4) is 0 Å². The van der Waals surface area contributed by atoms with Crippen LogP contribution in [-0.2, 0) is 6.54 Å². The number of hydrogen-bond donors (Lipinski definition) is 1. The summed E-state index contributed by atoms with van der Waals surface area (Å²) in [5.74, 6) is 0.571. The molecule has 0 spiro atoms. The highest BCUT2D eigenvalue weighted by Crippen LogP contribution is 2.26. The zero-order chi connectivity index (χ0) is 12.2. The van der Waals surface area contributed by atoms with Gasteiger partial charge in [-0.2, -0.15) is 0 Å². The van der Waals surface area contributed by atoms with Crippen molar-refractivity contribution >= 4 is 34.8 Å². The normalized spacial score (nSPS) is 14.8. The topological polar surface area (TPSA) is 12.0 Å². The van der Waals surface area contributed by atoms with Gasteiger partial charge in [0.25, 0.3) is 0 Å². The number of alkyl halides is 1. The molecule has 1 rings (SSSR count). The molecule has 0 saturated carbocycles. The van der Waals surface area contributed by atoms with E-state index in [-0.39, 0.29) is 5.54 Å². The first-order chi connectivity index (χ1) is 7.52. The lowest BCUT2D eigenvalue weighted by Gasteiger charge is -2.27.